The van der Waals surface area contributed by atoms with Gasteiger partial charge in [0.15, 0.2) is 4.77 Å². The first-order valence-corrected chi connectivity index (χ1v) is 9.93. The third-order valence-electron chi connectivity index (χ3n) is 4.40. The first-order chi connectivity index (χ1) is 12.9. The quantitative estimate of drug-likeness (QED) is 0.538. The molecule has 0 bridgehead atoms. The number of fused-ring (bicyclic) bond motifs is 1. The summed E-state index contributed by atoms with van der Waals surface area (Å²) in [5, 5.41) is 3.60. The second-order valence-electron chi connectivity index (χ2n) is 9.07. The van der Waals surface area contributed by atoms with E-state index in [9.17, 15) is 9.59 Å². The predicted octanol–water partition coefficient (Wildman–Crippen LogP) is 4.04. The van der Waals surface area contributed by atoms with E-state index in [0.29, 0.717) is 40.8 Å². The minimum Gasteiger partial charge on any atom is -0.385 e. The maximum Gasteiger partial charge on any atom is 0.262 e. The van der Waals surface area contributed by atoms with Crippen LogP contribution in [0.15, 0.2) is 23.0 Å². The van der Waals surface area contributed by atoms with Crippen LogP contribution in [0.3, 0.4) is 0 Å². The highest BCUT2D eigenvalue weighted by molar-refractivity contribution is 7.71. The van der Waals surface area contributed by atoms with Gasteiger partial charge in [-0.1, -0.05) is 20.8 Å². The van der Waals surface area contributed by atoms with Crippen molar-refractivity contribution in [3.63, 3.8) is 0 Å². The van der Waals surface area contributed by atoms with Crippen LogP contribution in [0.4, 0.5) is 0 Å². The monoisotopic (exact) mass is 405 g/mol. The van der Waals surface area contributed by atoms with Crippen molar-refractivity contribution < 1.29 is 9.53 Å². The maximum atomic E-state index is 12.8. The Hall–Kier alpha value is -1.99. The van der Waals surface area contributed by atoms with Crippen LogP contribution < -0.4 is 10.9 Å². The highest BCUT2D eigenvalue weighted by Crippen LogP contribution is 2.27. The molecule has 0 radical (unpaired) electrons. The highest BCUT2D eigenvalue weighted by atomic mass is 32.1. The van der Waals surface area contributed by atoms with E-state index in [2.05, 4.69) is 31.1 Å². The van der Waals surface area contributed by atoms with Crippen molar-refractivity contribution in [3.8, 4) is 0 Å². The first kappa shape index (κ1) is 22.3. The van der Waals surface area contributed by atoms with Gasteiger partial charge in [0.2, 0.25) is 0 Å². The minimum atomic E-state index is -0.345. The molecule has 7 heteroatoms. The van der Waals surface area contributed by atoms with Crippen molar-refractivity contribution in [3.05, 3.63) is 38.9 Å². The van der Waals surface area contributed by atoms with Crippen LogP contribution in [0.25, 0.3) is 10.9 Å². The van der Waals surface area contributed by atoms with E-state index in [1.807, 2.05) is 13.8 Å². The first-order valence-electron chi connectivity index (χ1n) is 9.52. The molecule has 0 atom stereocenters. The van der Waals surface area contributed by atoms with Gasteiger partial charge in [0.05, 0.1) is 10.9 Å². The van der Waals surface area contributed by atoms with E-state index in [-0.39, 0.29) is 22.4 Å². The van der Waals surface area contributed by atoms with E-state index < -0.39 is 0 Å². The Morgan fingerprint density at radius 1 is 1.25 bits per heavy atom. The molecule has 2 aromatic rings. The fourth-order valence-corrected chi connectivity index (χ4v) is 4.00. The minimum absolute atomic E-state index is 0.0963. The zero-order valence-electron chi connectivity index (χ0n) is 17.6. The summed E-state index contributed by atoms with van der Waals surface area (Å²) >= 11 is 5.34. The lowest BCUT2D eigenvalue weighted by Gasteiger charge is -2.33. The number of aromatic nitrogens is 2. The van der Waals surface area contributed by atoms with Crippen LogP contribution in [0.5, 0.6) is 0 Å². The molecular weight excluding hydrogens is 374 g/mol. The summed E-state index contributed by atoms with van der Waals surface area (Å²) < 4.78 is 6.92. The molecule has 28 heavy (non-hydrogen) atoms. The van der Waals surface area contributed by atoms with E-state index in [1.54, 1.807) is 25.3 Å². The fraction of sp³-hybridized carbons (Fsp3) is 0.571. The summed E-state index contributed by atoms with van der Waals surface area (Å²) in [5.41, 5.74) is 0.659. The number of benzene rings is 1. The van der Waals surface area contributed by atoms with Gasteiger partial charge in [0.1, 0.15) is 0 Å². The maximum absolute atomic E-state index is 12.8. The van der Waals surface area contributed by atoms with E-state index in [1.165, 1.54) is 4.57 Å². The number of nitrogens with one attached hydrogen (secondary N) is 2. The van der Waals surface area contributed by atoms with Gasteiger partial charge in [0.25, 0.3) is 11.5 Å². The summed E-state index contributed by atoms with van der Waals surface area (Å²) in [6, 6.07) is 5.05. The number of nitrogens with zero attached hydrogens (tertiary/aromatic N) is 1. The Morgan fingerprint density at radius 2 is 1.93 bits per heavy atom. The van der Waals surface area contributed by atoms with Gasteiger partial charge < -0.3 is 15.0 Å². The van der Waals surface area contributed by atoms with Crippen LogP contribution in [-0.2, 0) is 11.3 Å². The summed E-state index contributed by atoms with van der Waals surface area (Å²) in [6.07, 6.45) is 1.54. The molecule has 1 aromatic heterocycles. The fourth-order valence-electron chi connectivity index (χ4n) is 3.72. The number of amides is 1. The molecule has 0 saturated carbocycles. The number of aromatic amines is 1. The van der Waals surface area contributed by atoms with Gasteiger partial charge in [-0.2, -0.15) is 0 Å². The molecular formula is C21H31N3O3S. The summed E-state index contributed by atoms with van der Waals surface area (Å²) in [4.78, 5) is 28.6. The van der Waals surface area contributed by atoms with Gasteiger partial charge in [-0.15, -0.1) is 0 Å². The average molecular weight is 406 g/mol. The van der Waals surface area contributed by atoms with Crippen LogP contribution in [0, 0.1) is 10.2 Å². The summed E-state index contributed by atoms with van der Waals surface area (Å²) in [6.45, 7) is 11.5. The van der Waals surface area contributed by atoms with E-state index in [4.69, 9.17) is 17.0 Å². The van der Waals surface area contributed by atoms with Gasteiger partial charge in [-0.25, -0.2) is 0 Å². The summed E-state index contributed by atoms with van der Waals surface area (Å²) in [7, 11) is 1.62. The Balaban J connectivity index is 2.31. The molecule has 0 aliphatic heterocycles. The smallest absolute Gasteiger partial charge is 0.262 e. The SMILES string of the molecule is COCCCn1c(=S)[nH]c2cc(C(=O)NC(C)(C)CC(C)(C)C)ccc2c1=O. The van der Waals surface area contributed by atoms with Crippen molar-refractivity contribution in [1.82, 2.24) is 14.9 Å². The van der Waals surface area contributed by atoms with Gasteiger partial charge in [0, 0.05) is 31.4 Å². The molecule has 2 N–H and O–H groups in total. The average Bonchev–Trinajstić information content (AvgIpc) is 2.54. The molecule has 0 fully saturated rings. The number of carbonyl (C=O) groups excluding carboxylic acids is 1. The zero-order valence-corrected chi connectivity index (χ0v) is 18.5. The van der Waals surface area contributed by atoms with Gasteiger partial charge in [-0.05, 0) is 62.5 Å². The number of hydrogen-bond acceptors (Lipinski definition) is 4. The molecule has 6 nitrogen and oxygen atoms in total. The van der Waals surface area contributed by atoms with Crippen LogP contribution in [-0.4, -0.2) is 34.7 Å². The molecule has 0 aliphatic rings. The second kappa shape index (κ2) is 8.57. The Labute approximate surface area is 171 Å². The standard InChI is InChI=1S/C21H31N3O3S/c1-20(2,3)13-21(4,5)23-17(25)14-8-9-15-16(12-14)22-19(28)24(18(15)26)10-7-11-27-6/h8-9,12H,7,10-11,13H2,1-6H3,(H,22,28)(H,23,25). The molecule has 0 unspecified atom stereocenters. The predicted molar refractivity (Wildman–Crippen MR) is 116 cm³/mol. The van der Waals surface area contributed by atoms with Crippen molar-refractivity contribution in [2.24, 2.45) is 5.41 Å². The molecule has 0 saturated heterocycles. The summed E-state index contributed by atoms with van der Waals surface area (Å²) in [5.74, 6) is -0.167. The number of hydrogen-bond donors (Lipinski definition) is 2. The second-order valence-corrected chi connectivity index (χ2v) is 9.46. The van der Waals surface area contributed by atoms with Gasteiger partial charge >= 0.3 is 0 Å². The zero-order chi connectivity index (χ0) is 21.1. The molecule has 1 aromatic carbocycles. The number of H-pyrrole nitrogens is 1. The largest absolute Gasteiger partial charge is 0.385 e. The Kier molecular flexibility index (Phi) is 6.83. The van der Waals surface area contributed by atoms with Crippen LogP contribution >= 0.6 is 12.2 Å². The Bertz CT molecular complexity index is 967. The third kappa shape index (κ3) is 5.75. The van der Waals surface area contributed by atoms with E-state index >= 15 is 0 Å². The lowest BCUT2D eigenvalue weighted by atomic mass is 9.81. The van der Waals surface area contributed by atoms with Crippen molar-refractivity contribution >= 4 is 29.0 Å². The van der Waals surface area contributed by atoms with Crippen molar-refractivity contribution in [2.45, 2.75) is 59.5 Å². The Morgan fingerprint density at radius 3 is 2.54 bits per heavy atom. The lowest BCUT2D eigenvalue weighted by molar-refractivity contribution is 0.0891. The number of methoxy groups -OCH3 is 1. The molecule has 1 heterocycles. The lowest BCUT2D eigenvalue weighted by Crippen LogP contribution is -2.45. The number of rotatable bonds is 7. The normalized spacial score (nSPS) is 12.4. The number of ether oxygens (including phenoxy) is 1. The highest BCUT2D eigenvalue weighted by Gasteiger charge is 2.27. The van der Waals surface area contributed by atoms with Crippen LogP contribution in [0.2, 0.25) is 0 Å². The number of carbonyl (C=O) groups is 1. The van der Waals surface area contributed by atoms with Crippen molar-refractivity contribution in [1.29, 1.82) is 0 Å². The topological polar surface area (TPSA) is 76.1 Å². The van der Waals surface area contributed by atoms with Crippen LogP contribution in [0.1, 0.15) is 57.8 Å². The molecule has 2 rings (SSSR count). The van der Waals surface area contributed by atoms with Gasteiger partial charge in [-0.3, -0.25) is 14.2 Å². The van der Waals surface area contributed by atoms with Crippen molar-refractivity contribution in [2.75, 3.05) is 13.7 Å². The molecule has 0 spiro atoms. The molecule has 154 valence electrons. The molecule has 0 aliphatic carbocycles. The molecule has 1 amide bonds. The van der Waals surface area contributed by atoms with E-state index in [0.717, 1.165) is 6.42 Å². The third-order valence-corrected chi connectivity index (χ3v) is 4.72.